The second-order valence-corrected chi connectivity index (χ2v) is 3.97. The van der Waals surface area contributed by atoms with E-state index in [0.29, 0.717) is 6.42 Å². The molecule has 0 fully saturated rings. The van der Waals surface area contributed by atoms with Crippen molar-refractivity contribution in [3.63, 3.8) is 0 Å². The molecule has 1 aromatic rings. The Morgan fingerprint density at radius 2 is 2.14 bits per heavy atom. The average Bonchev–Trinajstić information content (AvgIpc) is 2.49. The highest BCUT2D eigenvalue weighted by molar-refractivity contribution is 7.80. The highest BCUT2D eigenvalue weighted by Crippen LogP contribution is 2.28. The van der Waals surface area contributed by atoms with Crippen molar-refractivity contribution in [1.82, 2.24) is 0 Å². The summed E-state index contributed by atoms with van der Waals surface area (Å²) in [4.78, 5) is 12.4. The summed E-state index contributed by atoms with van der Waals surface area (Å²) in [6.07, 6.45) is 5.47. The van der Waals surface area contributed by atoms with Gasteiger partial charge in [0.15, 0.2) is 5.78 Å². The van der Waals surface area contributed by atoms with Gasteiger partial charge in [0, 0.05) is 16.9 Å². The van der Waals surface area contributed by atoms with E-state index in [0.717, 1.165) is 28.0 Å². The van der Waals surface area contributed by atoms with Crippen LogP contribution < -0.4 is 0 Å². The third-order valence-electron chi connectivity index (χ3n) is 2.52. The molecule has 0 aliphatic heterocycles. The molecule has 1 aromatic carbocycles. The molecule has 1 aliphatic carbocycles. The number of rotatable bonds is 1. The van der Waals surface area contributed by atoms with Gasteiger partial charge < -0.3 is 0 Å². The zero-order valence-electron chi connectivity index (χ0n) is 8.08. The molecule has 1 nitrogen and oxygen atoms in total. The number of Topliss-reactive ketones (excluding diaryl/α,β-unsaturated/α-hetero) is 1. The minimum Gasteiger partial charge on any atom is -0.294 e. The van der Waals surface area contributed by atoms with Gasteiger partial charge in [-0.25, -0.2) is 0 Å². The van der Waals surface area contributed by atoms with Crippen molar-refractivity contribution in [3.05, 3.63) is 34.9 Å². The van der Waals surface area contributed by atoms with Crippen molar-refractivity contribution >= 4 is 24.5 Å². The summed E-state index contributed by atoms with van der Waals surface area (Å²) in [7, 11) is 0. The van der Waals surface area contributed by atoms with E-state index in [4.69, 9.17) is 0 Å². The molecule has 72 valence electrons. The van der Waals surface area contributed by atoms with Crippen molar-refractivity contribution in [2.24, 2.45) is 0 Å². The zero-order chi connectivity index (χ0) is 10.1. The Labute approximate surface area is 89.2 Å². The molecular weight excluding hydrogens is 192 g/mol. The first-order chi connectivity index (χ1) is 6.72. The van der Waals surface area contributed by atoms with E-state index < -0.39 is 0 Å². The van der Waals surface area contributed by atoms with Gasteiger partial charge in [0.2, 0.25) is 0 Å². The number of hydrogen-bond acceptors (Lipinski definition) is 2. The van der Waals surface area contributed by atoms with Gasteiger partial charge in [-0.2, -0.15) is 0 Å². The van der Waals surface area contributed by atoms with E-state index in [1.807, 2.05) is 31.2 Å². The van der Waals surface area contributed by atoms with Gasteiger partial charge in [-0.3, -0.25) is 4.79 Å². The maximum absolute atomic E-state index is 11.5. The van der Waals surface area contributed by atoms with Crippen molar-refractivity contribution in [2.45, 2.75) is 24.7 Å². The van der Waals surface area contributed by atoms with Crippen molar-refractivity contribution in [3.8, 4) is 0 Å². The largest absolute Gasteiger partial charge is 0.294 e. The topological polar surface area (TPSA) is 17.1 Å². The lowest BCUT2D eigenvalue weighted by molar-refractivity contribution is 0.0994. The number of carbonyl (C=O) groups is 1. The molecule has 14 heavy (non-hydrogen) atoms. The summed E-state index contributed by atoms with van der Waals surface area (Å²) >= 11 is 4.40. The lowest BCUT2D eigenvalue weighted by Crippen LogP contribution is -1.92. The molecule has 0 spiro atoms. The van der Waals surface area contributed by atoms with Crippen LogP contribution in [0.25, 0.3) is 6.08 Å². The van der Waals surface area contributed by atoms with Gasteiger partial charge in [-0.15, -0.1) is 12.6 Å². The molecule has 1 aliphatic rings. The van der Waals surface area contributed by atoms with E-state index in [1.165, 1.54) is 0 Å². The molecule has 0 unspecified atom stereocenters. The Bertz CT molecular complexity index is 419. The van der Waals surface area contributed by atoms with Crippen LogP contribution in [-0.2, 0) is 6.42 Å². The van der Waals surface area contributed by atoms with E-state index in [-0.39, 0.29) is 5.78 Å². The first kappa shape index (κ1) is 9.53. The molecule has 0 aromatic heterocycles. The summed E-state index contributed by atoms with van der Waals surface area (Å²) in [6, 6.07) is 3.96. The Hall–Kier alpha value is -1.02. The fourth-order valence-corrected chi connectivity index (χ4v) is 2.11. The summed E-state index contributed by atoms with van der Waals surface area (Å²) in [6.45, 7) is 1.96. The van der Waals surface area contributed by atoms with E-state index in [2.05, 4.69) is 12.6 Å². The summed E-state index contributed by atoms with van der Waals surface area (Å²) < 4.78 is 0. The van der Waals surface area contributed by atoms with Crippen LogP contribution >= 0.6 is 12.6 Å². The normalized spacial score (nSPS) is 15.1. The number of aryl methyl sites for hydroxylation is 1. The van der Waals surface area contributed by atoms with Crippen LogP contribution in [0.1, 0.15) is 34.8 Å². The van der Waals surface area contributed by atoms with Gasteiger partial charge in [-0.1, -0.05) is 12.2 Å². The second-order valence-electron chi connectivity index (χ2n) is 3.49. The van der Waals surface area contributed by atoms with Crippen molar-refractivity contribution in [1.29, 1.82) is 0 Å². The van der Waals surface area contributed by atoms with Crippen LogP contribution in [0.3, 0.4) is 0 Å². The lowest BCUT2D eigenvalue weighted by atomic mass is 10.1. The molecule has 0 saturated heterocycles. The first-order valence-electron chi connectivity index (χ1n) is 4.74. The molecular formula is C12H12OS. The van der Waals surface area contributed by atoms with Gasteiger partial charge >= 0.3 is 0 Å². The quantitative estimate of drug-likeness (QED) is 0.695. The number of carbonyl (C=O) groups excluding carboxylic acids is 1. The number of thiol groups is 1. The van der Waals surface area contributed by atoms with Gasteiger partial charge in [0.05, 0.1) is 0 Å². The van der Waals surface area contributed by atoms with Crippen LogP contribution in [0.5, 0.6) is 0 Å². The Morgan fingerprint density at radius 3 is 2.86 bits per heavy atom. The van der Waals surface area contributed by atoms with Crippen LogP contribution in [0.2, 0.25) is 0 Å². The smallest absolute Gasteiger partial charge is 0.163 e. The maximum atomic E-state index is 11.5. The highest BCUT2D eigenvalue weighted by atomic mass is 32.1. The lowest BCUT2D eigenvalue weighted by Gasteiger charge is -2.03. The molecule has 0 amide bonds. The average molecular weight is 204 g/mol. The molecule has 0 atom stereocenters. The molecule has 0 radical (unpaired) electrons. The van der Waals surface area contributed by atoms with E-state index in [9.17, 15) is 4.79 Å². The van der Waals surface area contributed by atoms with Gasteiger partial charge in [0.25, 0.3) is 0 Å². The summed E-state index contributed by atoms with van der Waals surface area (Å²) in [5, 5.41) is 0. The van der Waals surface area contributed by atoms with Crippen LogP contribution in [0, 0.1) is 0 Å². The number of ketones is 1. The molecule has 0 N–H and O–H groups in total. The number of fused-ring (bicyclic) bond motifs is 1. The minimum absolute atomic E-state index is 0.263. The monoisotopic (exact) mass is 204 g/mol. The summed E-state index contributed by atoms with van der Waals surface area (Å²) in [5.41, 5.74) is 3.06. The SMILES string of the molecule is C/C=C/c1cc2c(cc1S)CCC2=O. The van der Waals surface area contributed by atoms with Crippen LogP contribution in [0.15, 0.2) is 23.1 Å². The number of hydrogen-bond donors (Lipinski definition) is 1. The first-order valence-corrected chi connectivity index (χ1v) is 5.19. The predicted molar refractivity (Wildman–Crippen MR) is 61.1 cm³/mol. The molecule has 2 rings (SSSR count). The fourth-order valence-electron chi connectivity index (χ4n) is 1.81. The second kappa shape index (κ2) is 3.62. The van der Waals surface area contributed by atoms with Gasteiger partial charge in [0.1, 0.15) is 0 Å². The summed E-state index contributed by atoms with van der Waals surface area (Å²) in [5.74, 6) is 0.263. The third-order valence-corrected chi connectivity index (χ3v) is 2.91. The fraction of sp³-hybridized carbons (Fsp3) is 0.250. The molecule has 0 heterocycles. The van der Waals surface area contributed by atoms with Crippen LogP contribution in [-0.4, -0.2) is 5.78 Å². The van der Waals surface area contributed by atoms with Gasteiger partial charge in [-0.05, 0) is 36.6 Å². The number of allylic oxidation sites excluding steroid dienone is 1. The predicted octanol–water partition coefficient (Wildman–Crippen LogP) is 3.14. The van der Waals surface area contributed by atoms with E-state index in [1.54, 1.807) is 0 Å². The van der Waals surface area contributed by atoms with Crippen molar-refractivity contribution in [2.75, 3.05) is 0 Å². The minimum atomic E-state index is 0.263. The maximum Gasteiger partial charge on any atom is 0.163 e. The molecule has 0 bridgehead atoms. The standard InChI is InChI=1S/C12H12OS/c1-2-3-9-6-10-8(7-12(9)14)4-5-11(10)13/h2-3,6-7,14H,4-5H2,1H3/b3-2+. The van der Waals surface area contributed by atoms with E-state index >= 15 is 0 Å². The molecule has 0 saturated carbocycles. The highest BCUT2D eigenvalue weighted by Gasteiger charge is 2.20. The Balaban J connectivity index is 2.56. The Morgan fingerprint density at radius 1 is 1.36 bits per heavy atom. The van der Waals surface area contributed by atoms with Crippen molar-refractivity contribution < 1.29 is 4.79 Å². The Kier molecular flexibility index (Phi) is 2.46. The zero-order valence-corrected chi connectivity index (χ0v) is 8.97. The van der Waals surface area contributed by atoms with Crippen LogP contribution in [0.4, 0.5) is 0 Å². The third kappa shape index (κ3) is 1.50. The number of benzene rings is 1. The molecule has 2 heteroatoms.